The zero-order valence-corrected chi connectivity index (χ0v) is 14.5. The Hall–Kier alpha value is -2.20. The molecule has 0 saturated carbocycles. The Labute approximate surface area is 147 Å². The number of hydrogen-bond acceptors (Lipinski definition) is 2. The van der Waals surface area contributed by atoms with E-state index >= 15 is 0 Å². The third-order valence-corrected chi connectivity index (χ3v) is 4.73. The lowest BCUT2D eigenvalue weighted by atomic mass is 10.0. The van der Waals surface area contributed by atoms with Crippen LogP contribution in [0.2, 0.25) is 0 Å². The fourth-order valence-corrected chi connectivity index (χ4v) is 3.33. The first-order valence-electron chi connectivity index (χ1n) is 8.12. The number of carboxylic acid groups (broad SMARTS) is 1. The van der Waals surface area contributed by atoms with Crippen molar-refractivity contribution in [1.82, 2.24) is 4.90 Å². The molecule has 126 valence electrons. The maximum absolute atomic E-state index is 11.0. The summed E-state index contributed by atoms with van der Waals surface area (Å²) in [6, 6.07) is 8.37. The molecule has 0 unspecified atom stereocenters. The Balaban J connectivity index is 1.88. The van der Waals surface area contributed by atoms with Crippen LogP contribution in [0.15, 0.2) is 58.8 Å². The first kappa shape index (κ1) is 16.7. The fourth-order valence-electron chi connectivity index (χ4n) is 3.15. The molecule has 0 bridgehead atoms. The van der Waals surface area contributed by atoms with Gasteiger partial charge in [-0.05, 0) is 42.5 Å². The van der Waals surface area contributed by atoms with Crippen LogP contribution in [-0.4, -0.2) is 36.2 Å². The minimum atomic E-state index is -0.894. The van der Waals surface area contributed by atoms with Crippen molar-refractivity contribution in [2.75, 3.05) is 25.0 Å². The molecule has 2 aliphatic rings. The van der Waals surface area contributed by atoms with Gasteiger partial charge in [-0.1, -0.05) is 42.0 Å². The molecule has 1 aromatic carbocycles. The molecule has 1 amide bonds. The monoisotopic (exact) mass is 344 g/mol. The molecule has 1 heterocycles. The van der Waals surface area contributed by atoms with Crippen LogP contribution in [0, 0.1) is 0 Å². The van der Waals surface area contributed by atoms with Gasteiger partial charge in [0.05, 0.1) is 0 Å². The SMILES string of the molecule is CN(CCCN1C2=CC(Cl)=CCC2=CCc2ccccc21)C(=O)O. The van der Waals surface area contributed by atoms with Gasteiger partial charge >= 0.3 is 6.09 Å². The van der Waals surface area contributed by atoms with Gasteiger partial charge in [-0.25, -0.2) is 4.79 Å². The first-order valence-corrected chi connectivity index (χ1v) is 8.50. The highest BCUT2D eigenvalue weighted by molar-refractivity contribution is 6.31. The third kappa shape index (κ3) is 3.49. The number of para-hydroxylation sites is 1. The van der Waals surface area contributed by atoms with E-state index in [0.717, 1.165) is 36.5 Å². The van der Waals surface area contributed by atoms with Crippen molar-refractivity contribution < 1.29 is 9.90 Å². The molecule has 0 fully saturated rings. The zero-order valence-electron chi connectivity index (χ0n) is 13.7. The van der Waals surface area contributed by atoms with Crippen molar-refractivity contribution in [3.63, 3.8) is 0 Å². The minimum absolute atomic E-state index is 0.504. The van der Waals surface area contributed by atoms with E-state index in [1.165, 1.54) is 21.7 Å². The zero-order chi connectivity index (χ0) is 17.1. The van der Waals surface area contributed by atoms with Crippen molar-refractivity contribution in [2.45, 2.75) is 19.3 Å². The number of rotatable bonds is 4. The maximum atomic E-state index is 11.0. The van der Waals surface area contributed by atoms with Gasteiger partial charge in [0.2, 0.25) is 0 Å². The van der Waals surface area contributed by atoms with Crippen molar-refractivity contribution in [1.29, 1.82) is 0 Å². The number of carbonyl (C=O) groups is 1. The topological polar surface area (TPSA) is 43.8 Å². The highest BCUT2D eigenvalue weighted by atomic mass is 35.5. The molecule has 0 saturated heterocycles. The van der Waals surface area contributed by atoms with Gasteiger partial charge in [0.15, 0.2) is 0 Å². The lowest BCUT2D eigenvalue weighted by Gasteiger charge is -2.31. The summed E-state index contributed by atoms with van der Waals surface area (Å²) < 4.78 is 0. The predicted octanol–water partition coefficient (Wildman–Crippen LogP) is 4.39. The van der Waals surface area contributed by atoms with E-state index in [1.54, 1.807) is 7.05 Å². The molecule has 0 spiro atoms. The summed E-state index contributed by atoms with van der Waals surface area (Å²) in [4.78, 5) is 14.6. The van der Waals surface area contributed by atoms with Crippen LogP contribution in [0.5, 0.6) is 0 Å². The van der Waals surface area contributed by atoms with Crippen molar-refractivity contribution in [3.8, 4) is 0 Å². The van der Waals surface area contributed by atoms with E-state index in [9.17, 15) is 4.79 Å². The molecule has 1 aromatic rings. The van der Waals surface area contributed by atoms with Crippen molar-refractivity contribution in [2.24, 2.45) is 0 Å². The van der Waals surface area contributed by atoms with Gasteiger partial charge in [0.1, 0.15) is 0 Å². The number of anilines is 1. The fraction of sp³-hybridized carbons (Fsp3) is 0.316. The molecule has 1 aliphatic carbocycles. The van der Waals surface area contributed by atoms with E-state index in [0.29, 0.717) is 6.54 Å². The molecular formula is C19H21ClN2O2. The summed E-state index contributed by atoms with van der Waals surface area (Å²) in [7, 11) is 1.60. The van der Waals surface area contributed by atoms with E-state index in [1.807, 2.05) is 18.2 Å². The predicted molar refractivity (Wildman–Crippen MR) is 97.5 cm³/mol. The second-order valence-corrected chi connectivity index (χ2v) is 6.53. The van der Waals surface area contributed by atoms with E-state index in [4.69, 9.17) is 16.7 Å². The maximum Gasteiger partial charge on any atom is 0.407 e. The number of amides is 1. The van der Waals surface area contributed by atoms with Gasteiger partial charge in [0.25, 0.3) is 0 Å². The summed E-state index contributed by atoms with van der Waals surface area (Å²) >= 11 is 6.25. The van der Waals surface area contributed by atoms with Crippen LogP contribution >= 0.6 is 11.6 Å². The van der Waals surface area contributed by atoms with Crippen LogP contribution < -0.4 is 4.90 Å². The molecule has 0 atom stereocenters. The highest BCUT2D eigenvalue weighted by Gasteiger charge is 2.23. The van der Waals surface area contributed by atoms with Crippen LogP contribution in [0.1, 0.15) is 18.4 Å². The highest BCUT2D eigenvalue weighted by Crippen LogP contribution is 2.36. The van der Waals surface area contributed by atoms with E-state index in [2.05, 4.69) is 29.2 Å². The number of allylic oxidation sites excluding steroid dienone is 5. The molecule has 0 aromatic heterocycles. The average molecular weight is 345 g/mol. The Morgan fingerprint density at radius 3 is 2.88 bits per heavy atom. The normalized spacial score (nSPS) is 16.2. The number of hydrogen-bond donors (Lipinski definition) is 1. The van der Waals surface area contributed by atoms with Crippen LogP contribution in [0.4, 0.5) is 10.5 Å². The van der Waals surface area contributed by atoms with E-state index < -0.39 is 6.09 Å². The summed E-state index contributed by atoms with van der Waals surface area (Å²) in [5.74, 6) is 0. The van der Waals surface area contributed by atoms with Gasteiger partial charge in [-0.15, -0.1) is 0 Å². The van der Waals surface area contributed by atoms with Crippen molar-refractivity contribution in [3.05, 3.63) is 64.4 Å². The molecule has 1 N–H and O–H groups in total. The molecule has 4 nitrogen and oxygen atoms in total. The number of halogens is 1. The summed E-state index contributed by atoms with van der Waals surface area (Å²) in [6.45, 7) is 1.26. The quantitative estimate of drug-likeness (QED) is 0.881. The number of fused-ring (bicyclic) bond motifs is 2. The lowest BCUT2D eigenvalue weighted by molar-refractivity contribution is 0.156. The number of benzene rings is 1. The second kappa shape index (κ2) is 7.14. The van der Waals surface area contributed by atoms with Crippen LogP contribution in [-0.2, 0) is 6.42 Å². The van der Waals surface area contributed by atoms with Gasteiger partial charge < -0.3 is 14.9 Å². The Kier molecular flexibility index (Phi) is 4.95. The largest absolute Gasteiger partial charge is 0.465 e. The average Bonchev–Trinajstić information content (AvgIpc) is 2.72. The molecule has 3 rings (SSSR count). The summed E-state index contributed by atoms with van der Waals surface area (Å²) in [6.07, 6.45) is 7.92. The van der Waals surface area contributed by atoms with E-state index in [-0.39, 0.29) is 0 Å². The minimum Gasteiger partial charge on any atom is -0.465 e. The standard InChI is InChI=1S/C19H21ClN2O2/c1-21(19(23)24)11-4-12-22-17-6-3-2-5-14(17)7-8-15-9-10-16(20)13-18(15)22/h2-3,5-6,8,10,13H,4,7,9,11-12H2,1H3,(H,23,24). The first-order chi connectivity index (χ1) is 11.6. The summed E-state index contributed by atoms with van der Waals surface area (Å²) in [5, 5.41) is 9.77. The number of nitrogens with zero attached hydrogens (tertiary/aromatic N) is 2. The van der Waals surface area contributed by atoms with Crippen LogP contribution in [0.3, 0.4) is 0 Å². The van der Waals surface area contributed by atoms with Gasteiger partial charge in [-0.2, -0.15) is 0 Å². The second-order valence-electron chi connectivity index (χ2n) is 6.09. The van der Waals surface area contributed by atoms with Crippen LogP contribution in [0.25, 0.3) is 0 Å². The lowest BCUT2D eigenvalue weighted by Crippen LogP contribution is -2.31. The Bertz CT molecular complexity index is 737. The molecular weight excluding hydrogens is 324 g/mol. The summed E-state index contributed by atoms with van der Waals surface area (Å²) in [5.41, 5.74) is 4.87. The van der Waals surface area contributed by atoms with Gasteiger partial charge in [-0.3, -0.25) is 0 Å². The Morgan fingerprint density at radius 1 is 1.29 bits per heavy atom. The van der Waals surface area contributed by atoms with Gasteiger partial charge in [0, 0.05) is 36.6 Å². The molecule has 24 heavy (non-hydrogen) atoms. The molecule has 5 heteroatoms. The smallest absolute Gasteiger partial charge is 0.407 e. The van der Waals surface area contributed by atoms with Crippen molar-refractivity contribution >= 4 is 23.4 Å². The third-order valence-electron chi connectivity index (χ3n) is 4.46. The molecule has 1 aliphatic heterocycles. The molecule has 0 radical (unpaired) electrons. The Morgan fingerprint density at radius 2 is 2.08 bits per heavy atom.